The highest BCUT2D eigenvalue weighted by molar-refractivity contribution is 6.32. The summed E-state index contributed by atoms with van der Waals surface area (Å²) in [7, 11) is 1.62. The molecule has 0 spiro atoms. The van der Waals surface area contributed by atoms with Gasteiger partial charge in [0.15, 0.2) is 11.5 Å². The van der Waals surface area contributed by atoms with Gasteiger partial charge in [0.1, 0.15) is 6.61 Å². The number of halogens is 1. The molecule has 2 rings (SSSR count). The Morgan fingerprint density at radius 3 is 2.59 bits per heavy atom. The van der Waals surface area contributed by atoms with E-state index in [0.29, 0.717) is 36.2 Å². The molecule has 0 saturated heterocycles. The molecule has 0 atom stereocenters. The fraction of sp³-hybridized carbons (Fsp3) is 0.429. The molecule has 0 amide bonds. The van der Waals surface area contributed by atoms with E-state index in [9.17, 15) is 0 Å². The van der Waals surface area contributed by atoms with Crippen LogP contribution in [0.2, 0.25) is 5.02 Å². The normalized spacial score (nSPS) is 10.8. The Morgan fingerprint density at radius 2 is 1.85 bits per heavy atom. The molecule has 2 aromatic carbocycles. The number of nitrogens with one attached hydrogen (secondary N) is 2. The molecule has 0 aliphatic carbocycles. The van der Waals surface area contributed by atoms with E-state index in [1.54, 1.807) is 7.11 Å². The van der Waals surface area contributed by atoms with Crippen molar-refractivity contribution in [1.29, 1.82) is 0 Å². The maximum Gasteiger partial charge on any atom is 0.180 e. The van der Waals surface area contributed by atoms with Gasteiger partial charge in [-0.2, -0.15) is 0 Å². The Labute approximate surface area is 166 Å². The average Bonchev–Trinajstić information content (AvgIpc) is 2.67. The molecule has 0 aliphatic heterocycles. The molecule has 0 radical (unpaired) electrons. The highest BCUT2D eigenvalue weighted by Gasteiger charge is 2.13. The van der Waals surface area contributed by atoms with Crippen LogP contribution in [0.3, 0.4) is 0 Å². The first-order valence-corrected chi connectivity index (χ1v) is 9.59. The maximum absolute atomic E-state index is 8.72. The first-order valence-electron chi connectivity index (χ1n) is 9.21. The lowest BCUT2D eigenvalue weighted by molar-refractivity contribution is 0.284. The summed E-state index contributed by atoms with van der Waals surface area (Å²) in [5.74, 6) is 1.21. The van der Waals surface area contributed by atoms with Crippen LogP contribution in [0.15, 0.2) is 36.4 Å². The number of ether oxygens (including phenoxy) is 2. The zero-order valence-electron chi connectivity index (χ0n) is 16.1. The molecule has 0 unspecified atom stereocenters. The van der Waals surface area contributed by atoms with E-state index in [2.05, 4.69) is 23.6 Å². The summed E-state index contributed by atoms with van der Waals surface area (Å²) < 4.78 is 11.4. The van der Waals surface area contributed by atoms with E-state index in [-0.39, 0.29) is 6.61 Å². The molecule has 0 fully saturated rings. The van der Waals surface area contributed by atoms with Crippen LogP contribution >= 0.6 is 11.6 Å². The van der Waals surface area contributed by atoms with Crippen molar-refractivity contribution in [2.24, 2.45) is 0 Å². The molecule has 0 saturated carbocycles. The lowest BCUT2D eigenvalue weighted by Gasteiger charge is -2.15. The summed E-state index contributed by atoms with van der Waals surface area (Å²) in [6.07, 6.45) is 0.989. The highest BCUT2D eigenvalue weighted by Crippen LogP contribution is 2.37. The second-order valence-corrected chi connectivity index (χ2v) is 6.74. The van der Waals surface area contributed by atoms with Crippen LogP contribution in [0, 0.1) is 6.92 Å². The maximum atomic E-state index is 8.72. The minimum atomic E-state index is 0.171. The Hall–Kier alpha value is -1.79. The van der Waals surface area contributed by atoms with E-state index in [4.69, 9.17) is 26.2 Å². The quantitative estimate of drug-likeness (QED) is 0.484. The van der Waals surface area contributed by atoms with Crippen LogP contribution in [0.4, 0.5) is 0 Å². The Kier molecular flexibility index (Phi) is 9.42. The van der Waals surface area contributed by atoms with Gasteiger partial charge in [0.2, 0.25) is 0 Å². The SMILES string of the molecule is COc1cc(CNCCCNCCO)cc(Cl)c1OCc1ccccc1C. The number of rotatable bonds is 12. The molecule has 27 heavy (non-hydrogen) atoms. The molecular weight excluding hydrogens is 364 g/mol. The third-order valence-corrected chi connectivity index (χ3v) is 4.53. The van der Waals surface area contributed by atoms with E-state index in [1.165, 1.54) is 5.56 Å². The van der Waals surface area contributed by atoms with Crippen LogP contribution in [-0.2, 0) is 13.2 Å². The molecule has 3 N–H and O–H groups in total. The summed E-state index contributed by atoms with van der Waals surface area (Å²) in [6.45, 7) is 5.77. The van der Waals surface area contributed by atoms with E-state index in [0.717, 1.165) is 30.6 Å². The molecule has 0 bridgehead atoms. The first-order chi connectivity index (χ1) is 13.2. The fourth-order valence-corrected chi connectivity index (χ4v) is 3.00. The van der Waals surface area contributed by atoms with Crippen molar-refractivity contribution >= 4 is 11.6 Å². The molecule has 2 aromatic rings. The van der Waals surface area contributed by atoms with Gasteiger partial charge in [0.25, 0.3) is 0 Å². The van der Waals surface area contributed by atoms with E-state index < -0.39 is 0 Å². The molecule has 5 nitrogen and oxygen atoms in total. The number of hydrogen-bond acceptors (Lipinski definition) is 5. The number of methoxy groups -OCH3 is 1. The largest absolute Gasteiger partial charge is 0.493 e. The van der Waals surface area contributed by atoms with Crippen molar-refractivity contribution in [3.63, 3.8) is 0 Å². The van der Waals surface area contributed by atoms with Gasteiger partial charge in [0, 0.05) is 13.1 Å². The van der Waals surface area contributed by atoms with Gasteiger partial charge in [0.05, 0.1) is 18.7 Å². The number of aliphatic hydroxyl groups excluding tert-OH is 1. The molecule has 148 valence electrons. The van der Waals surface area contributed by atoms with Crippen LogP contribution in [0.1, 0.15) is 23.1 Å². The zero-order chi connectivity index (χ0) is 19.5. The smallest absolute Gasteiger partial charge is 0.180 e. The molecular formula is C21H29ClN2O3. The van der Waals surface area contributed by atoms with E-state index >= 15 is 0 Å². The third kappa shape index (κ3) is 7.03. The number of aryl methyl sites for hydroxylation is 1. The number of hydrogen-bond donors (Lipinski definition) is 3. The van der Waals surface area contributed by atoms with Crippen molar-refractivity contribution in [2.45, 2.75) is 26.5 Å². The van der Waals surface area contributed by atoms with Crippen LogP contribution in [0.25, 0.3) is 0 Å². The minimum absolute atomic E-state index is 0.171. The van der Waals surface area contributed by atoms with Crippen molar-refractivity contribution in [2.75, 3.05) is 33.4 Å². The Morgan fingerprint density at radius 1 is 1.07 bits per heavy atom. The van der Waals surface area contributed by atoms with Gasteiger partial charge in [-0.3, -0.25) is 0 Å². The van der Waals surface area contributed by atoms with Gasteiger partial charge in [-0.15, -0.1) is 0 Å². The lowest BCUT2D eigenvalue weighted by Crippen LogP contribution is -2.23. The molecule has 0 aliphatic rings. The summed E-state index contributed by atoms with van der Waals surface area (Å²) in [6, 6.07) is 12.0. The summed E-state index contributed by atoms with van der Waals surface area (Å²) in [5.41, 5.74) is 3.35. The van der Waals surface area contributed by atoms with Crippen molar-refractivity contribution in [1.82, 2.24) is 10.6 Å². The van der Waals surface area contributed by atoms with Crippen molar-refractivity contribution in [3.05, 3.63) is 58.1 Å². The van der Waals surface area contributed by atoms with Gasteiger partial charge in [-0.05, 0) is 55.3 Å². The Balaban J connectivity index is 1.91. The summed E-state index contributed by atoms with van der Waals surface area (Å²) >= 11 is 6.45. The Bertz CT molecular complexity index is 710. The first kappa shape index (κ1) is 21.5. The van der Waals surface area contributed by atoms with Gasteiger partial charge >= 0.3 is 0 Å². The highest BCUT2D eigenvalue weighted by atomic mass is 35.5. The molecule has 6 heteroatoms. The standard InChI is InChI=1S/C21H29ClN2O3/c1-16-6-3-4-7-18(16)15-27-21-19(22)12-17(13-20(21)26-2)14-24-9-5-8-23-10-11-25/h3-4,6-7,12-13,23-25H,5,8-11,14-15H2,1-2H3. The van der Waals surface area contributed by atoms with E-state index in [1.807, 2.05) is 30.3 Å². The minimum Gasteiger partial charge on any atom is -0.493 e. The van der Waals surface area contributed by atoms with Crippen LogP contribution in [-0.4, -0.2) is 38.5 Å². The second-order valence-electron chi connectivity index (χ2n) is 6.33. The lowest BCUT2D eigenvalue weighted by atomic mass is 10.1. The topological polar surface area (TPSA) is 62.8 Å². The van der Waals surface area contributed by atoms with Crippen molar-refractivity contribution < 1.29 is 14.6 Å². The van der Waals surface area contributed by atoms with Crippen LogP contribution < -0.4 is 20.1 Å². The van der Waals surface area contributed by atoms with Gasteiger partial charge in [-0.1, -0.05) is 35.9 Å². The van der Waals surface area contributed by atoms with Gasteiger partial charge < -0.3 is 25.2 Å². The zero-order valence-corrected chi connectivity index (χ0v) is 16.8. The number of benzene rings is 2. The third-order valence-electron chi connectivity index (χ3n) is 4.25. The second kappa shape index (κ2) is 11.8. The molecule has 0 aromatic heterocycles. The molecule has 0 heterocycles. The fourth-order valence-electron chi connectivity index (χ4n) is 2.71. The van der Waals surface area contributed by atoms with Gasteiger partial charge in [-0.25, -0.2) is 0 Å². The number of aliphatic hydroxyl groups is 1. The predicted octanol–water partition coefficient (Wildman–Crippen LogP) is 3.30. The average molecular weight is 393 g/mol. The predicted molar refractivity (Wildman–Crippen MR) is 110 cm³/mol. The van der Waals surface area contributed by atoms with Crippen molar-refractivity contribution in [3.8, 4) is 11.5 Å². The van der Waals surface area contributed by atoms with Crippen LogP contribution in [0.5, 0.6) is 11.5 Å². The summed E-state index contributed by atoms with van der Waals surface area (Å²) in [5, 5.41) is 15.8. The summed E-state index contributed by atoms with van der Waals surface area (Å²) in [4.78, 5) is 0. The monoisotopic (exact) mass is 392 g/mol.